The third-order valence-corrected chi connectivity index (χ3v) is 6.99. The largest absolute Gasteiger partial charge is 0.492 e. The Hall–Kier alpha value is -2.38. The summed E-state index contributed by atoms with van der Waals surface area (Å²) >= 11 is 0. The van der Waals surface area contributed by atoms with Crippen LogP contribution in [0.5, 0.6) is 5.75 Å². The summed E-state index contributed by atoms with van der Waals surface area (Å²) in [6, 6.07) is 14.5. The number of carbonyl (C=O) groups excluding carboxylic acids is 1. The lowest BCUT2D eigenvalue weighted by Gasteiger charge is -2.30. The average molecular weight is 417 g/mol. The molecular formula is C22H28N2O4S. The first kappa shape index (κ1) is 21.3. The molecule has 156 valence electrons. The second-order valence-corrected chi connectivity index (χ2v) is 9.09. The van der Waals surface area contributed by atoms with Gasteiger partial charge in [0.15, 0.2) is 0 Å². The third-order valence-electron chi connectivity index (χ3n) is 5.57. The molecule has 0 aliphatic heterocycles. The minimum Gasteiger partial charge on any atom is -0.492 e. The molecule has 1 amide bonds. The lowest BCUT2D eigenvalue weighted by atomic mass is 9.79. The van der Waals surface area contributed by atoms with Gasteiger partial charge in [0.05, 0.1) is 6.61 Å². The van der Waals surface area contributed by atoms with Crippen LogP contribution in [-0.2, 0) is 15.4 Å². The molecule has 2 aromatic carbocycles. The van der Waals surface area contributed by atoms with Crippen LogP contribution in [0.4, 0.5) is 0 Å². The maximum atomic E-state index is 13.2. The first-order chi connectivity index (χ1) is 13.9. The molecule has 0 aromatic heterocycles. The molecule has 1 fully saturated rings. The van der Waals surface area contributed by atoms with E-state index in [1.54, 1.807) is 13.0 Å². The molecule has 1 aliphatic carbocycles. The van der Waals surface area contributed by atoms with Crippen molar-refractivity contribution in [2.45, 2.75) is 42.9 Å². The van der Waals surface area contributed by atoms with E-state index in [0.717, 1.165) is 31.2 Å². The molecule has 2 N–H and O–H groups in total. The van der Waals surface area contributed by atoms with Gasteiger partial charge in [-0.3, -0.25) is 4.79 Å². The van der Waals surface area contributed by atoms with Crippen molar-refractivity contribution in [1.29, 1.82) is 0 Å². The van der Waals surface area contributed by atoms with Gasteiger partial charge in [0.2, 0.25) is 10.0 Å². The topological polar surface area (TPSA) is 84.5 Å². The molecule has 0 unspecified atom stereocenters. The Morgan fingerprint density at radius 3 is 2.41 bits per heavy atom. The van der Waals surface area contributed by atoms with E-state index < -0.39 is 10.0 Å². The highest BCUT2D eigenvalue weighted by Crippen LogP contribution is 2.41. The van der Waals surface area contributed by atoms with E-state index >= 15 is 0 Å². The molecule has 0 heterocycles. The van der Waals surface area contributed by atoms with Crippen LogP contribution in [0.1, 0.15) is 48.5 Å². The number of amides is 1. The normalized spacial score (nSPS) is 15.8. The smallest absolute Gasteiger partial charge is 0.251 e. The van der Waals surface area contributed by atoms with Gasteiger partial charge < -0.3 is 10.1 Å². The fourth-order valence-electron chi connectivity index (χ4n) is 4.00. The molecular weight excluding hydrogens is 388 g/mol. The van der Waals surface area contributed by atoms with Crippen LogP contribution in [0.15, 0.2) is 53.4 Å². The van der Waals surface area contributed by atoms with Crippen molar-refractivity contribution in [3.8, 4) is 5.75 Å². The Morgan fingerprint density at radius 1 is 1.10 bits per heavy atom. The Kier molecular flexibility index (Phi) is 6.59. The van der Waals surface area contributed by atoms with Crippen LogP contribution in [0.2, 0.25) is 0 Å². The lowest BCUT2D eigenvalue weighted by Crippen LogP contribution is -2.39. The fourth-order valence-corrected chi connectivity index (χ4v) is 5.30. The van der Waals surface area contributed by atoms with E-state index in [9.17, 15) is 13.2 Å². The first-order valence-corrected chi connectivity index (χ1v) is 11.4. The van der Waals surface area contributed by atoms with E-state index in [1.165, 1.54) is 19.2 Å². The zero-order valence-corrected chi connectivity index (χ0v) is 17.7. The van der Waals surface area contributed by atoms with E-state index in [-0.39, 0.29) is 27.5 Å². The summed E-state index contributed by atoms with van der Waals surface area (Å²) in [5.74, 6) is -0.103. The Bertz CT molecular complexity index is 952. The van der Waals surface area contributed by atoms with Gasteiger partial charge in [-0.05, 0) is 43.5 Å². The third kappa shape index (κ3) is 4.62. The molecule has 3 rings (SSSR count). The fraction of sp³-hybridized carbons (Fsp3) is 0.409. The maximum Gasteiger partial charge on any atom is 0.251 e. The van der Waals surface area contributed by atoms with Gasteiger partial charge in [-0.15, -0.1) is 0 Å². The number of hydrogen-bond acceptors (Lipinski definition) is 4. The van der Waals surface area contributed by atoms with Crippen molar-refractivity contribution >= 4 is 15.9 Å². The minimum atomic E-state index is -3.87. The number of nitrogens with one attached hydrogen (secondary N) is 2. The van der Waals surface area contributed by atoms with Crippen molar-refractivity contribution in [3.63, 3.8) is 0 Å². The quantitative estimate of drug-likeness (QED) is 0.692. The van der Waals surface area contributed by atoms with Crippen molar-refractivity contribution in [2.24, 2.45) is 0 Å². The number of ether oxygens (including phenoxy) is 1. The van der Waals surface area contributed by atoms with Crippen LogP contribution < -0.4 is 14.8 Å². The predicted octanol–water partition coefficient (Wildman–Crippen LogP) is 3.24. The molecule has 0 saturated heterocycles. The summed E-state index contributed by atoms with van der Waals surface area (Å²) in [6.07, 6.45) is 4.03. The van der Waals surface area contributed by atoms with Crippen LogP contribution in [0.25, 0.3) is 0 Å². The number of benzene rings is 2. The zero-order valence-electron chi connectivity index (χ0n) is 16.9. The van der Waals surface area contributed by atoms with Gasteiger partial charge in [-0.1, -0.05) is 43.2 Å². The molecule has 1 aliphatic rings. The molecule has 0 bridgehead atoms. The predicted molar refractivity (Wildman–Crippen MR) is 113 cm³/mol. The van der Waals surface area contributed by atoms with Gasteiger partial charge in [-0.2, -0.15) is 0 Å². The number of hydrogen-bond donors (Lipinski definition) is 2. The van der Waals surface area contributed by atoms with E-state index in [1.807, 2.05) is 18.2 Å². The number of rotatable bonds is 8. The maximum absolute atomic E-state index is 13.2. The molecule has 0 spiro atoms. The summed E-state index contributed by atoms with van der Waals surface area (Å²) in [4.78, 5) is 12.0. The van der Waals surface area contributed by atoms with Gasteiger partial charge in [0.25, 0.3) is 5.91 Å². The van der Waals surface area contributed by atoms with Crippen LogP contribution in [-0.4, -0.2) is 34.5 Å². The summed E-state index contributed by atoms with van der Waals surface area (Å²) in [5, 5.41) is 2.52. The molecule has 0 radical (unpaired) electrons. The van der Waals surface area contributed by atoms with Crippen molar-refractivity contribution < 1.29 is 17.9 Å². The van der Waals surface area contributed by atoms with Crippen LogP contribution in [0.3, 0.4) is 0 Å². The Labute approximate surface area is 172 Å². The highest BCUT2D eigenvalue weighted by molar-refractivity contribution is 7.89. The second-order valence-electron chi connectivity index (χ2n) is 7.35. The average Bonchev–Trinajstić information content (AvgIpc) is 3.23. The van der Waals surface area contributed by atoms with Gasteiger partial charge in [0.1, 0.15) is 10.6 Å². The highest BCUT2D eigenvalue weighted by Gasteiger charge is 2.37. The standard InChI is InChI=1S/C22H28N2O4S/c1-3-28-19-12-11-17(21(25)23-2)15-20(19)29(26,27)24-16-22(13-7-8-14-22)18-9-5-4-6-10-18/h4-6,9-12,15,24H,3,7-8,13-14,16H2,1-2H3,(H,23,25). The van der Waals surface area contributed by atoms with Crippen LogP contribution in [0, 0.1) is 0 Å². The van der Waals surface area contributed by atoms with Gasteiger partial charge in [-0.25, -0.2) is 13.1 Å². The van der Waals surface area contributed by atoms with Gasteiger partial charge >= 0.3 is 0 Å². The molecule has 1 saturated carbocycles. The monoisotopic (exact) mass is 416 g/mol. The first-order valence-electron chi connectivity index (χ1n) is 9.96. The molecule has 6 nitrogen and oxygen atoms in total. The number of carbonyl (C=O) groups is 1. The second kappa shape index (κ2) is 8.97. The molecule has 7 heteroatoms. The molecule has 0 atom stereocenters. The van der Waals surface area contributed by atoms with Crippen molar-refractivity contribution in [2.75, 3.05) is 20.2 Å². The summed E-state index contributed by atoms with van der Waals surface area (Å²) in [6.45, 7) is 2.43. The van der Waals surface area contributed by atoms with Crippen molar-refractivity contribution in [1.82, 2.24) is 10.0 Å². The van der Waals surface area contributed by atoms with E-state index in [0.29, 0.717) is 13.2 Å². The minimum absolute atomic E-state index is 0.0124. The summed E-state index contributed by atoms with van der Waals surface area (Å²) < 4.78 is 34.7. The molecule has 2 aromatic rings. The van der Waals surface area contributed by atoms with E-state index in [4.69, 9.17) is 4.74 Å². The number of sulfonamides is 1. The molecule has 29 heavy (non-hydrogen) atoms. The highest BCUT2D eigenvalue weighted by atomic mass is 32.2. The lowest BCUT2D eigenvalue weighted by molar-refractivity contribution is 0.0963. The van der Waals surface area contributed by atoms with Crippen molar-refractivity contribution in [3.05, 3.63) is 59.7 Å². The summed E-state index contributed by atoms with van der Waals surface area (Å²) in [7, 11) is -2.36. The Morgan fingerprint density at radius 2 is 1.79 bits per heavy atom. The zero-order chi connectivity index (χ0) is 20.9. The SMILES string of the molecule is CCOc1ccc(C(=O)NC)cc1S(=O)(=O)NCC1(c2ccccc2)CCCC1. The summed E-state index contributed by atoms with van der Waals surface area (Å²) in [5.41, 5.74) is 1.22. The Balaban J connectivity index is 1.91. The van der Waals surface area contributed by atoms with Crippen LogP contribution >= 0.6 is 0 Å². The van der Waals surface area contributed by atoms with E-state index in [2.05, 4.69) is 22.2 Å². The van der Waals surface area contributed by atoms with Gasteiger partial charge in [0, 0.05) is 24.6 Å².